The second kappa shape index (κ2) is 7.31. The molecule has 0 spiro atoms. The zero-order valence-corrected chi connectivity index (χ0v) is 15.4. The van der Waals surface area contributed by atoms with E-state index in [1.165, 1.54) is 23.1 Å². The second-order valence-corrected chi connectivity index (χ2v) is 7.45. The number of amidine groups is 1. The molecular weight excluding hydrogens is 366 g/mol. The number of carbonyl (C=O) groups excluding carboxylic acids is 1. The summed E-state index contributed by atoms with van der Waals surface area (Å²) in [5.74, 6) is 0.782. The smallest absolute Gasteiger partial charge is 0.267 e. The molecule has 4 rings (SSSR count). The van der Waals surface area contributed by atoms with E-state index in [1.807, 2.05) is 41.8 Å². The molecule has 1 aromatic carbocycles. The summed E-state index contributed by atoms with van der Waals surface area (Å²) in [6.07, 6.45) is 7.32. The summed E-state index contributed by atoms with van der Waals surface area (Å²) in [6, 6.07) is 7.85. The number of rotatable bonds is 4. The number of carbonyl (C=O) groups is 1. The van der Waals surface area contributed by atoms with Gasteiger partial charge >= 0.3 is 0 Å². The molecule has 1 aromatic heterocycles. The van der Waals surface area contributed by atoms with Crippen molar-refractivity contribution in [2.24, 2.45) is 4.99 Å². The van der Waals surface area contributed by atoms with Gasteiger partial charge in [0.25, 0.3) is 5.91 Å². The van der Waals surface area contributed by atoms with Gasteiger partial charge in [-0.2, -0.15) is 4.99 Å². The van der Waals surface area contributed by atoms with Crippen LogP contribution < -0.4 is 4.74 Å². The highest BCUT2D eigenvalue weighted by Crippen LogP contribution is 2.35. The number of hydrogen-bond acceptors (Lipinski definition) is 6. The first-order chi connectivity index (χ1) is 12.7. The number of thioether (sulfide) groups is 1. The highest BCUT2D eigenvalue weighted by Gasteiger charge is 2.33. The molecule has 2 aromatic rings. The lowest BCUT2D eigenvalue weighted by Crippen LogP contribution is -2.29. The molecule has 1 amide bonds. The third-order valence-electron chi connectivity index (χ3n) is 3.78. The van der Waals surface area contributed by atoms with Gasteiger partial charge in [0.15, 0.2) is 5.17 Å². The Morgan fingerprint density at radius 3 is 3.08 bits per heavy atom. The second-order valence-electron chi connectivity index (χ2n) is 5.57. The molecule has 5 nitrogen and oxygen atoms in total. The summed E-state index contributed by atoms with van der Waals surface area (Å²) in [5.41, 5.74) is 1.97. The average Bonchev–Trinajstić information content (AvgIpc) is 3.26. The number of thiazole rings is 1. The Hall–Kier alpha value is -2.64. The van der Waals surface area contributed by atoms with E-state index in [9.17, 15) is 4.79 Å². The Balaban J connectivity index is 1.65. The van der Waals surface area contributed by atoms with Crippen molar-refractivity contribution in [1.82, 2.24) is 9.88 Å². The summed E-state index contributed by atoms with van der Waals surface area (Å²) in [4.78, 5) is 23.7. The van der Waals surface area contributed by atoms with E-state index < -0.39 is 0 Å². The Bertz CT molecular complexity index is 945. The number of hydrogen-bond donors (Lipinski definition) is 0. The van der Waals surface area contributed by atoms with E-state index in [0.717, 1.165) is 16.9 Å². The molecule has 0 saturated carbocycles. The molecule has 0 unspecified atom stereocenters. The van der Waals surface area contributed by atoms with Crippen LogP contribution in [-0.2, 0) is 4.79 Å². The molecule has 7 heteroatoms. The minimum absolute atomic E-state index is 0.0787. The standard InChI is InChI=1S/C19H15N3O2S2/c1-2-8-22-17(23)16(26-19(22)21-18-20-7-9-25-18)11-13-10-14-5-3-4-6-15(14)24-12-13/h2-7,9-11H,1,8,12H2. The van der Waals surface area contributed by atoms with E-state index in [1.54, 1.807) is 17.2 Å². The van der Waals surface area contributed by atoms with Crippen LogP contribution in [0.5, 0.6) is 5.75 Å². The van der Waals surface area contributed by atoms with Gasteiger partial charge in [0.2, 0.25) is 5.13 Å². The molecular formula is C19H15N3O2S2. The molecule has 2 aliphatic heterocycles. The van der Waals surface area contributed by atoms with Crippen LogP contribution in [0, 0.1) is 0 Å². The first-order valence-corrected chi connectivity index (χ1v) is 9.67. The third-order valence-corrected chi connectivity index (χ3v) is 5.45. The molecule has 0 aliphatic carbocycles. The molecule has 0 N–H and O–H groups in total. The lowest BCUT2D eigenvalue weighted by Gasteiger charge is -2.16. The van der Waals surface area contributed by atoms with E-state index in [4.69, 9.17) is 4.74 Å². The fourth-order valence-corrected chi connectivity index (χ4v) is 4.19. The number of nitrogens with zero attached hydrogens (tertiary/aromatic N) is 3. The van der Waals surface area contributed by atoms with Crippen molar-refractivity contribution in [3.05, 3.63) is 70.6 Å². The van der Waals surface area contributed by atoms with E-state index in [-0.39, 0.29) is 5.91 Å². The van der Waals surface area contributed by atoms with Crippen LogP contribution in [-0.4, -0.2) is 34.1 Å². The molecule has 130 valence electrons. The van der Waals surface area contributed by atoms with Crippen molar-refractivity contribution in [1.29, 1.82) is 0 Å². The van der Waals surface area contributed by atoms with E-state index in [0.29, 0.717) is 28.4 Å². The van der Waals surface area contributed by atoms with Gasteiger partial charge in [0, 0.05) is 23.7 Å². The average molecular weight is 381 g/mol. The number of aromatic nitrogens is 1. The van der Waals surface area contributed by atoms with Gasteiger partial charge in [-0.25, -0.2) is 4.98 Å². The molecule has 1 fully saturated rings. The zero-order chi connectivity index (χ0) is 17.9. The van der Waals surface area contributed by atoms with Gasteiger partial charge in [-0.1, -0.05) is 24.3 Å². The van der Waals surface area contributed by atoms with Gasteiger partial charge in [-0.3, -0.25) is 9.69 Å². The third kappa shape index (κ3) is 3.36. The van der Waals surface area contributed by atoms with Crippen LogP contribution in [0.1, 0.15) is 5.56 Å². The zero-order valence-electron chi connectivity index (χ0n) is 13.8. The first kappa shape index (κ1) is 16.8. The van der Waals surface area contributed by atoms with E-state index >= 15 is 0 Å². The van der Waals surface area contributed by atoms with E-state index in [2.05, 4.69) is 16.6 Å². The normalized spacial score (nSPS) is 19.5. The van der Waals surface area contributed by atoms with Crippen LogP contribution >= 0.6 is 23.1 Å². The van der Waals surface area contributed by atoms with Crippen LogP contribution in [0.2, 0.25) is 0 Å². The number of amides is 1. The predicted molar refractivity (Wildman–Crippen MR) is 107 cm³/mol. The fraction of sp³-hybridized carbons (Fsp3) is 0.105. The largest absolute Gasteiger partial charge is 0.488 e. The molecule has 3 heterocycles. The Morgan fingerprint density at radius 2 is 2.27 bits per heavy atom. The molecule has 1 saturated heterocycles. The number of aliphatic imine (C=N–C) groups is 1. The van der Waals surface area contributed by atoms with Gasteiger partial charge in [0.1, 0.15) is 12.4 Å². The van der Waals surface area contributed by atoms with Crippen LogP contribution in [0.25, 0.3) is 6.08 Å². The Kier molecular flexibility index (Phi) is 4.73. The summed E-state index contributed by atoms with van der Waals surface area (Å²) >= 11 is 2.78. The quantitative estimate of drug-likeness (QED) is 0.587. The summed E-state index contributed by atoms with van der Waals surface area (Å²) in [7, 11) is 0. The minimum atomic E-state index is -0.0787. The SMILES string of the molecule is C=CCN1C(=O)C(=CC2=Cc3ccccc3OC2)SC1=Nc1nccs1. The Labute approximate surface area is 159 Å². The fourth-order valence-electron chi connectivity index (χ4n) is 2.62. The highest BCUT2D eigenvalue weighted by atomic mass is 32.2. The maximum absolute atomic E-state index is 12.8. The summed E-state index contributed by atoms with van der Waals surface area (Å²) < 4.78 is 5.77. The van der Waals surface area contributed by atoms with Crippen LogP contribution in [0.3, 0.4) is 0 Å². The molecule has 2 aliphatic rings. The maximum Gasteiger partial charge on any atom is 0.267 e. The topological polar surface area (TPSA) is 54.8 Å². The van der Waals surface area contributed by atoms with Crippen molar-refractivity contribution in [2.45, 2.75) is 0 Å². The predicted octanol–water partition coefficient (Wildman–Crippen LogP) is 4.25. The lowest BCUT2D eigenvalue weighted by atomic mass is 10.1. The van der Waals surface area contributed by atoms with Gasteiger partial charge in [-0.05, 0) is 35.6 Å². The molecule has 0 bridgehead atoms. The number of ether oxygens (including phenoxy) is 1. The first-order valence-electron chi connectivity index (χ1n) is 7.97. The summed E-state index contributed by atoms with van der Waals surface area (Å²) in [5, 5.41) is 3.11. The van der Waals surface area contributed by atoms with Gasteiger partial charge < -0.3 is 4.74 Å². The highest BCUT2D eigenvalue weighted by molar-refractivity contribution is 8.18. The minimum Gasteiger partial charge on any atom is -0.488 e. The van der Waals surface area contributed by atoms with Crippen molar-refractivity contribution in [3.8, 4) is 5.75 Å². The van der Waals surface area contributed by atoms with Crippen molar-refractivity contribution >= 4 is 45.4 Å². The van der Waals surface area contributed by atoms with Crippen molar-refractivity contribution in [3.63, 3.8) is 0 Å². The number of benzene rings is 1. The summed E-state index contributed by atoms with van der Waals surface area (Å²) in [6.45, 7) is 4.58. The van der Waals surface area contributed by atoms with Crippen LogP contribution in [0.4, 0.5) is 5.13 Å². The monoisotopic (exact) mass is 381 g/mol. The molecule has 26 heavy (non-hydrogen) atoms. The number of para-hydroxylation sites is 1. The van der Waals surface area contributed by atoms with Gasteiger partial charge in [-0.15, -0.1) is 17.9 Å². The molecule has 0 radical (unpaired) electrons. The lowest BCUT2D eigenvalue weighted by molar-refractivity contribution is -0.121. The van der Waals surface area contributed by atoms with Crippen molar-refractivity contribution < 1.29 is 9.53 Å². The van der Waals surface area contributed by atoms with Crippen molar-refractivity contribution in [2.75, 3.05) is 13.2 Å². The van der Waals surface area contributed by atoms with Crippen LogP contribution in [0.15, 0.2) is 70.0 Å². The van der Waals surface area contributed by atoms with Gasteiger partial charge in [0.05, 0.1) is 4.91 Å². The Morgan fingerprint density at radius 1 is 1.38 bits per heavy atom. The number of fused-ring (bicyclic) bond motifs is 1. The maximum atomic E-state index is 12.8. The molecule has 0 atom stereocenters.